The van der Waals surface area contributed by atoms with E-state index >= 15 is 0 Å². The second-order valence-corrected chi connectivity index (χ2v) is 5.45. The smallest absolute Gasteiger partial charge is 0.134 e. The Labute approximate surface area is 114 Å². The molecule has 0 radical (unpaired) electrons. The van der Waals surface area contributed by atoms with Crippen molar-refractivity contribution in [2.75, 3.05) is 11.9 Å². The van der Waals surface area contributed by atoms with Gasteiger partial charge in [-0.15, -0.1) is 0 Å². The molecule has 1 aromatic heterocycles. The topological polar surface area (TPSA) is 37.8 Å². The van der Waals surface area contributed by atoms with E-state index < -0.39 is 0 Å². The Bertz CT molecular complexity index is 375. The average Bonchev–Trinajstić information content (AvgIpc) is 2.39. The van der Waals surface area contributed by atoms with E-state index in [1.54, 1.807) is 0 Å². The summed E-state index contributed by atoms with van der Waals surface area (Å²) in [7, 11) is 0. The van der Waals surface area contributed by atoms with Gasteiger partial charge in [0.05, 0.1) is 0 Å². The Morgan fingerprint density at radius 3 is 2.78 bits per heavy atom. The maximum atomic E-state index is 5.97. The van der Waals surface area contributed by atoms with Gasteiger partial charge in [-0.2, -0.15) is 0 Å². The van der Waals surface area contributed by atoms with E-state index in [4.69, 9.17) is 11.6 Å². The van der Waals surface area contributed by atoms with Crippen molar-refractivity contribution >= 4 is 17.4 Å². The van der Waals surface area contributed by atoms with Crippen molar-refractivity contribution < 1.29 is 0 Å². The molecule has 0 atom stereocenters. The number of anilines is 1. The zero-order valence-corrected chi connectivity index (χ0v) is 11.8. The van der Waals surface area contributed by atoms with Gasteiger partial charge in [0.15, 0.2) is 0 Å². The highest BCUT2D eigenvalue weighted by Gasteiger charge is 2.12. The van der Waals surface area contributed by atoms with Gasteiger partial charge in [0.1, 0.15) is 16.8 Å². The summed E-state index contributed by atoms with van der Waals surface area (Å²) in [5.74, 6) is 2.57. The van der Waals surface area contributed by atoms with Crippen LogP contribution in [0.4, 0.5) is 5.82 Å². The molecular weight excluding hydrogens is 246 g/mol. The van der Waals surface area contributed by atoms with Crippen LogP contribution < -0.4 is 5.32 Å². The van der Waals surface area contributed by atoms with Crippen LogP contribution in [0.2, 0.25) is 5.15 Å². The number of hydrogen-bond acceptors (Lipinski definition) is 3. The normalized spacial score (nSPS) is 16.8. The molecule has 3 nitrogen and oxygen atoms in total. The van der Waals surface area contributed by atoms with Crippen molar-refractivity contribution in [3.05, 3.63) is 17.0 Å². The molecule has 18 heavy (non-hydrogen) atoms. The molecule has 1 saturated carbocycles. The van der Waals surface area contributed by atoms with Gasteiger partial charge >= 0.3 is 0 Å². The molecular formula is C14H22ClN3. The van der Waals surface area contributed by atoms with Crippen LogP contribution in [-0.4, -0.2) is 16.5 Å². The fourth-order valence-corrected chi connectivity index (χ4v) is 2.79. The van der Waals surface area contributed by atoms with E-state index in [9.17, 15) is 0 Å². The quantitative estimate of drug-likeness (QED) is 0.817. The molecule has 0 aromatic carbocycles. The molecule has 1 aliphatic rings. The standard InChI is InChI=1S/C14H22ClN3/c1-2-13-17-12(15)10-14(18-13)16-9-8-11-6-4-3-5-7-11/h10-11H,2-9H2,1H3,(H,16,17,18). The number of halogens is 1. The van der Waals surface area contributed by atoms with Crippen molar-refractivity contribution in [1.29, 1.82) is 0 Å². The molecule has 1 aliphatic carbocycles. The minimum absolute atomic E-state index is 0.530. The fourth-order valence-electron chi connectivity index (χ4n) is 2.59. The molecule has 1 aromatic rings. The van der Waals surface area contributed by atoms with Crippen LogP contribution in [0.15, 0.2) is 6.07 Å². The molecule has 100 valence electrons. The van der Waals surface area contributed by atoms with Crippen LogP contribution >= 0.6 is 11.6 Å². The molecule has 1 fully saturated rings. The highest BCUT2D eigenvalue weighted by molar-refractivity contribution is 6.29. The minimum Gasteiger partial charge on any atom is -0.370 e. The summed E-state index contributed by atoms with van der Waals surface area (Å²) in [6, 6.07) is 1.81. The molecule has 0 amide bonds. The molecule has 0 saturated heterocycles. The molecule has 1 heterocycles. The summed E-state index contributed by atoms with van der Waals surface area (Å²) in [6.07, 6.45) is 9.08. The summed E-state index contributed by atoms with van der Waals surface area (Å²) >= 11 is 5.97. The Hall–Kier alpha value is -0.830. The molecule has 0 bridgehead atoms. The van der Waals surface area contributed by atoms with Crippen LogP contribution in [0.3, 0.4) is 0 Å². The van der Waals surface area contributed by atoms with Gasteiger partial charge in [-0.25, -0.2) is 9.97 Å². The molecule has 0 unspecified atom stereocenters. The predicted molar refractivity (Wildman–Crippen MR) is 76.1 cm³/mol. The van der Waals surface area contributed by atoms with Gasteiger partial charge in [-0.05, 0) is 12.3 Å². The van der Waals surface area contributed by atoms with E-state index in [0.717, 1.165) is 30.5 Å². The van der Waals surface area contributed by atoms with Crippen LogP contribution in [0, 0.1) is 5.92 Å². The Morgan fingerprint density at radius 1 is 1.28 bits per heavy atom. The van der Waals surface area contributed by atoms with E-state index in [1.165, 1.54) is 38.5 Å². The number of nitrogens with one attached hydrogen (secondary N) is 1. The summed E-state index contributed by atoms with van der Waals surface area (Å²) in [6.45, 7) is 3.03. The largest absolute Gasteiger partial charge is 0.370 e. The van der Waals surface area contributed by atoms with Crippen molar-refractivity contribution in [2.24, 2.45) is 5.92 Å². The lowest BCUT2D eigenvalue weighted by Gasteiger charge is -2.21. The summed E-state index contributed by atoms with van der Waals surface area (Å²) in [4.78, 5) is 8.59. The second-order valence-electron chi connectivity index (χ2n) is 5.07. The minimum atomic E-state index is 0.530. The Kier molecular flexibility index (Phi) is 5.24. The lowest BCUT2D eigenvalue weighted by molar-refractivity contribution is 0.345. The van der Waals surface area contributed by atoms with Gasteiger partial charge in [0.2, 0.25) is 0 Å². The second kappa shape index (κ2) is 6.93. The highest BCUT2D eigenvalue weighted by Crippen LogP contribution is 2.26. The molecule has 1 N–H and O–H groups in total. The van der Waals surface area contributed by atoms with Gasteiger partial charge in [-0.1, -0.05) is 50.6 Å². The third kappa shape index (κ3) is 4.13. The van der Waals surface area contributed by atoms with Crippen LogP contribution in [-0.2, 0) is 6.42 Å². The van der Waals surface area contributed by atoms with Crippen molar-refractivity contribution in [2.45, 2.75) is 51.9 Å². The number of aromatic nitrogens is 2. The van der Waals surface area contributed by atoms with E-state index in [2.05, 4.69) is 15.3 Å². The van der Waals surface area contributed by atoms with E-state index in [1.807, 2.05) is 13.0 Å². The van der Waals surface area contributed by atoms with Gasteiger partial charge in [-0.3, -0.25) is 0 Å². The lowest BCUT2D eigenvalue weighted by Crippen LogP contribution is -2.13. The van der Waals surface area contributed by atoms with Crippen LogP contribution in [0.1, 0.15) is 51.3 Å². The molecule has 0 spiro atoms. The van der Waals surface area contributed by atoms with Crippen LogP contribution in [0.5, 0.6) is 0 Å². The third-order valence-electron chi connectivity index (χ3n) is 3.64. The van der Waals surface area contributed by atoms with E-state index in [-0.39, 0.29) is 0 Å². The first-order valence-corrected chi connectivity index (χ1v) is 7.43. The third-order valence-corrected chi connectivity index (χ3v) is 3.83. The first kappa shape index (κ1) is 13.6. The highest BCUT2D eigenvalue weighted by atomic mass is 35.5. The number of hydrogen-bond donors (Lipinski definition) is 1. The zero-order valence-electron chi connectivity index (χ0n) is 11.1. The van der Waals surface area contributed by atoms with Crippen molar-refractivity contribution in [3.63, 3.8) is 0 Å². The molecule has 0 aliphatic heterocycles. The lowest BCUT2D eigenvalue weighted by atomic mass is 9.87. The molecule has 2 rings (SSSR count). The first-order valence-electron chi connectivity index (χ1n) is 7.05. The van der Waals surface area contributed by atoms with Gasteiger partial charge < -0.3 is 5.32 Å². The van der Waals surface area contributed by atoms with Crippen molar-refractivity contribution in [1.82, 2.24) is 9.97 Å². The predicted octanol–water partition coefficient (Wildman–Crippen LogP) is 4.07. The maximum absolute atomic E-state index is 5.97. The van der Waals surface area contributed by atoms with Crippen molar-refractivity contribution in [3.8, 4) is 0 Å². The Morgan fingerprint density at radius 2 is 2.06 bits per heavy atom. The van der Waals surface area contributed by atoms with Crippen LogP contribution in [0.25, 0.3) is 0 Å². The number of aryl methyl sites for hydroxylation is 1. The summed E-state index contributed by atoms with van der Waals surface area (Å²) < 4.78 is 0. The van der Waals surface area contributed by atoms with Gasteiger partial charge in [0, 0.05) is 19.0 Å². The Balaban J connectivity index is 1.80. The first-order chi connectivity index (χ1) is 8.78. The average molecular weight is 268 g/mol. The monoisotopic (exact) mass is 267 g/mol. The number of nitrogens with zero attached hydrogens (tertiary/aromatic N) is 2. The van der Waals surface area contributed by atoms with E-state index in [0.29, 0.717) is 5.15 Å². The zero-order chi connectivity index (χ0) is 12.8. The SMILES string of the molecule is CCc1nc(Cl)cc(NCCC2CCCCC2)n1. The summed E-state index contributed by atoms with van der Waals surface area (Å²) in [5, 5.41) is 3.90. The summed E-state index contributed by atoms with van der Waals surface area (Å²) in [5.41, 5.74) is 0. The maximum Gasteiger partial charge on any atom is 0.134 e. The number of rotatable bonds is 5. The molecule has 4 heteroatoms. The fraction of sp³-hybridized carbons (Fsp3) is 0.714. The van der Waals surface area contributed by atoms with Gasteiger partial charge in [0.25, 0.3) is 0 Å².